The van der Waals surface area contributed by atoms with Gasteiger partial charge in [0, 0.05) is 44.5 Å². The van der Waals surface area contributed by atoms with Gasteiger partial charge in [-0.05, 0) is 38.3 Å². The molecule has 0 N–H and O–H groups in total. The quantitative estimate of drug-likeness (QED) is 0.865. The molecule has 1 saturated heterocycles. The van der Waals surface area contributed by atoms with Gasteiger partial charge in [0.25, 0.3) is 5.91 Å². The van der Waals surface area contributed by atoms with Gasteiger partial charge in [0.1, 0.15) is 0 Å². The maximum absolute atomic E-state index is 12.7. The van der Waals surface area contributed by atoms with Gasteiger partial charge in [0.2, 0.25) is 5.88 Å². The molecular weight excluding hydrogens is 304 g/mol. The number of aryl methyl sites for hydroxylation is 1. The maximum atomic E-state index is 12.7. The van der Waals surface area contributed by atoms with Crippen LogP contribution in [0.3, 0.4) is 0 Å². The molecule has 2 aromatic heterocycles. The Morgan fingerprint density at radius 1 is 1.33 bits per heavy atom. The Balaban J connectivity index is 1.67. The van der Waals surface area contributed by atoms with Crippen molar-refractivity contribution in [3.05, 3.63) is 41.9 Å². The molecule has 0 saturated carbocycles. The molecule has 0 bridgehead atoms. The fourth-order valence-electron chi connectivity index (χ4n) is 3.09. The smallest absolute Gasteiger partial charge is 0.255 e. The first-order valence-corrected chi connectivity index (χ1v) is 8.43. The van der Waals surface area contributed by atoms with E-state index < -0.39 is 0 Å². The molecule has 128 valence electrons. The average molecular weight is 328 g/mol. The second kappa shape index (κ2) is 7.03. The first kappa shape index (κ1) is 16.5. The van der Waals surface area contributed by atoms with Crippen molar-refractivity contribution in [2.24, 2.45) is 7.05 Å². The van der Waals surface area contributed by atoms with Crippen LogP contribution in [-0.2, 0) is 7.05 Å². The lowest BCUT2D eigenvalue weighted by atomic mass is 9.92. The van der Waals surface area contributed by atoms with Crippen LogP contribution in [-0.4, -0.2) is 44.8 Å². The number of amides is 1. The minimum absolute atomic E-state index is 0.0344. The van der Waals surface area contributed by atoms with E-state index in [1.54, 1.807) is 18.3 Å². The predicted octanol–water partition coefficient (Wildman–Crippen LogP) is 2.62. The van der Waals surface area contributed by atoms with Crippen LogP contribution in [0.25, 0.3) is 0 Å². The zero-order valence-corrected chi connectivity index (χ0v) is 14.5. The minimum atomic E-state index is 0.0344. The maximum Gasteiger partial charge on any atom is 0.255 e. The second-order valence-electron chi connectivity index (χ2n) is 6.59. The van der Waals surface area contributed by atoms with E-state index in [1.807, 2.05) is 42.9 Å². The van der Waals surface area contributed by atoms with E-state index in [-0.39, 0.29) is 12.0 Å². The Morgan fingerprint density at radius 3 is 2.79 bits per heavy atom. The summed E-state index contributed by atoms with van der Waals surface area (Å²) in [5, 5.41) is 4.24. The standard InChI is InChI=1S/C18H24N4O2/c1-13(2)24-17-7-6-14(9-19-17)18(23)22-8-4-5-15(12-22)16-10-20-21(3)11-16/h6-7,9-11,13,15H,4-5,8,12H2,1-3H3. The van der Waals surface area contributed by atoms with E-state index in [1.165, 1.54) is 5.56 Å². The number of ether oxygens (including phenoxy) is 1. The molecule has 1 fully saturated rings. The zero-order chi connectivity index (χ0) is 17.1. The number of hydrogen-bond acceptors (Lipinski definition) is 4. The summed E-state index contributed by atoms with van der Waals surface area (Å²) in [6, 6.07) is 3.55. The van der Waals surface area contributed by atoms with Crippen LogP contribution in [0.1, 0.15) is 48.5 Å². The summed E-state index contributed by atoms with van der Waals surface area (Å²) in [5.41, 5.74) is 1.81. The molecule has 2 aromatic rings. The fourth-order valence-corrected chi connectivity index (χ4v) is 3.09. The first-order chi connectivity index (χ1) is 11.5. The van der Waals surface area contributed by atoms with Gasteiger partial charge in [-0.2, -0.15) is 5.10 Å². The van der Waals surface area contributed by atoms with Crippen molar-refractivity contribution in [2.45, 2.75) is 38.7 Å². The third-order valence-electron chi connectivity index (χ3n) is 4.24. The Labute approximate surface area is 142 Å². The Hall–Kier alpha value is -2.37. The molecular formula is C18H24N4O2. The number of hydrogen-bond donors (Lipinski definition) is 0. The Bertz CT molecular complexity index is 693. The lowest BCUT2D eigenvalue weighted by Crippen LogP contribution is -2.39. The van der Waals surface area contributed by atoms with E-state index >= 15 is 0 Å². The topological polar surface area (TPSA) is 60.2 Å². The van der Waals surface area contributed by atoms with Crippen molar-refractivity contribution in [3.63, 3.8) is 0 Å². The van der Waals surface area contributed by atoms with Crippen LogP contribution in [0.5, 0.6) is 5.88 Å². The van der Waals surface area contributed by atoms with Crippen molar-refractivity contribution in [1.82, 2.24) is 19.7 Å². The van der Waals surface area contributed by atoms with E-state index in [0.717, 1.165) is 25.9 Å². The van der Waals surface area contributed by atoms with E-state index in [0.29, 0.717) is 17.4 Å². The van der Waals surface area contributed by atoms with Gasteiger partial charge in [-0.25, -0.2) is 4.98 Å². The van der Waals surface area contributed by atoms with E-state index in [9.17, 15) is 4.79 Å². The van der Waals surface area contributed by atoms with Gasteiger partial charge < -0.3 is 9.64 Å². The summed E-state index contributed by atoms with van der Waals surface area (Å²) in [4.78, 5) is 18.9. The molecule has 1 aliphatic rings. The predicted molar refractivity (Wildman–Crippen MR) is 91.1 cm³/mol. The highest BCUT2D eigenvalue weighted by atomic mass is 16.5. The number of piperidine rings is 1. The molecule has 1 atom stereocenters. The third-order valence-corrected chi connectivity index (χ3v) is 4.24. The first-order valence-electron chi connectivity index (χ1n) is 8.43. The summed E-state index contributed by atoms with van der Waals surface area (Å²) in [6.45, 7) is 5.43. The van der Waals surface area contributed by atoms with Gasteiger partial charge in [-0.15, -0.1) is 0 Å². The van der Waals surface area contributed by atoms with Gasteiger partial charge >= 0.3 is 0 Å². The summed E-state index contributed by atoms with van der Waals surface area (Å²) in [5.74, 6) is 0.938. The zero-order valence-electron chi connectivity index (χ0n) is 14.5. The molecule has 1 amide bonds. The summed E-state index contributed by atoms with van der Waals surface area (Å²) < 4.78 is 7.34. The van der Waals surface area contributed by atoms with E-state index in [4.69, 9.17) is 4.74 Å². The van der Waals surface area contributed by atoms with Gasteiger partial charge in [0.05, 0.1) is 17.9 Å². The SMILES string of the molecule is CC(C)Oc1ccc(C(=O)N2CCCC(c3cnn(C)c3)C2)cn1. The molecule has 6 heteroatoms. The summed E-state index contributed by atoms with van der Waals surface area (Å²) in [7, 11) is 1.92. The molecule has 3 heterocycles. The van der Waals surface area contributed by atoms with Gasteiger partial charge in [-0.1, -0.05) is 0 Å². The molecule has 24 heavy (non-hydrogen) atoms. The number of carbonyl (C=O) groups is 1. The second-order valence-corrected chi connectivity index (χ2v) is 6.59. The molecule has 0 aromatic carbocycles. The van der Waals surface area contributed by atoms with Crippen molar-refractivity contribution < 1.29 is 9.53 Å². The van der Waals surface area contributed by atoms with Crippen molar-refractivity contribution >= 4 is 5.91 Å². The molecule has 1 aliphatic heterocycles. The summed E-state index contributed by atoms with van der Waals surface area (Å²) >= 11 is 0. The van der Waals surface area contributed by atoms with Crippen molar-refractivity contribution in [2.75, 3.05) is 13.1 Å². The number of carbonyl (C=O) groups excluding carboxylic acids is 1. The van der Waals surface area contributed by atoms with Crippen LogP contribution in [0.15, 0.2) is 30.7 Å². The van der Waals surface area contributed by atoms with Gasteiger partial charge in [0.15, 0.2) is 0 Å². The lowest BCUT2D eigenvalue weighted by Gasteiger charge is -2.32. The normalized spacial score (nSPS) is 18.0. The number of likely N-dealkylation sites (tertiary alicyclic amines) is 1. The number of aromatic nitrogens is 3. The highest BCUT2D eigenvalue weighted by Gasteiger charge is 2.26. The minimum Gasteiger partial charge on any atom is -0.475 e. The Morgan fingerprint density at radius 2 is 2.17 bits per heavy atom. The largest absolute Gasteiger partial charge is 0.475 e. The van der Waals surface area contributed by atoms with Crippen LogP contribution < -0.4 is 4.74 Å². The molecule has 0 aliphatic carbocycles. The van der Waals surface area contributed by atoms with E-state index in [2.05, 4.69) is 10.1 Å². The van der Waals surface area contributed by atoms with Crippen LogP contribution in [0.4, 0.5) is 0 Å². The van der Waals surface area contributed by atoms with Crippen LogP contribution in [0, 0.1) is 0 Å². The van der Waals surface area contributed by atoms with Crippen LogP contribution >= 0.6 is 0 Å². The third kappa shape index (κ3) is 3.75. The number of rotatable bonds is 4. The van der Waals surface area contributed by atoms with Gasteiger partial charge in [-0.3, -0.25) is 9.48 Å². The summed E-state index contributed by atoms with van der Waals surface area (Å²) in [6.07, 6.45) is 7.72. The highest BCUT2D eigenvalue weighted by molar-refractivity contribution is 5.94. The molecule has 1 unspecified atom stereocenters. The lowest BCUT2D eigenvalue weighted by molar-refractivity contribution is 0.0706. The molecule has 0 radical (unpaired) electrons. The monoisotopic (exact) mass is 328 g/mol. The average Bonchev–Trinajstić information content (AvgIpc) is 3.01. The molecule has 3 rings (SSSR count). The fraction of sp³-hybridized carbons (Fsp3) is 0.500. The van der Waals surface area contributed by atoms with Crippen molar-refractivity contribution in [3.8, 4) is 5.88 Å². The highest BCUT2D eigenvalue weighted by Crippen LogP contribution is 2.27. The van der Waals surface area contributed by atoms with Crippen LogP contribution in [0.2, 0.25) is 0 Å². The number of nitrogens with zero attached hydrogens (tertiary/aromatic N) is 4. The number of pyridine rings is 1. The molecule has 0 spiro atoms. The Kier molecular flexibility index (Phi) is 4.83. The van der Waals surface area contributed by atoms with Crippen molar-refractivity contribution in [1.29, 1.82) is 0 Å². The molecule has 6 nitrogen and oxygen atoms in total.